The molecule has 16 heavy (non-hydrogen) atoms. The highest BCUT2D eigenvalue weighted by Crippen LogP contribution is 2.15. The number of hydrogen-bond donors (Lipinski definition) is 1. The lowest BCUT2D eigenvalue weighted by atomic mass is 10.2. The number of rotatable bonds is 7. The molecule has 90 valence electrons. The molecule has 1 aromatic rings. The SMILES string of the molecule is Fc1ccc(Br)cc1CNCCCCCBr. The van der Waals surface area contributed by atoms with Gasteiger partial charge < -0.3 is 5.32 Å². The number of benzene rings is 1. The Kier molecular flexibility index (Phi) is 7.25. The third-order valence-corrected chi connectivity index (χ3v) is 3.36. The summed E-state index contributed by atoms with van der Waals surface area (Å²) in [6.07, 6.45) is 3.55. The molecule has 1 rings (SSSR count). The minimum atomic E-state index is -0.142. The predicted molar refractivity (Wildman–Crippen MR) is 73.5 cm³/mol. The second kappa shape index (κ2) is 8.20. The van der Waals surface area contributed by atoms with Crippen molar-refractivity contribution in [1.29, 1.82) is 0 Å². The minimum Gasteiger partial charge on any atom is -0.313 e. The molecule has 0 unspecified atom stereocenters. The van der Waals surface area contributed by atoms with E-state index < -0.39 is 0 Å². The van der Waals surface area contributed by atoms with E-state index in [9.17, 15) is 4.39 Å². The standard InChI is InChI=1S/C12H16Br2FN/c13-6-2-1-3-7-16-9-10-8-11(14)4-5-12(10)15/h4-5,8,16H,1-3,6-7,9H2. The van der Waals surface area contributed by atoms with Gasteiger partial charge in [0.2, 0.25) is 0 Å². The second-order valence-corrected chi connectivity index (χ2v) is 5.37. The number of nitrogens with one attached hydrogen (secondary N) is 1. The van der Waals surface area contributed by atoms with Crippen molar-refractivity contribution in [2.75, 3.05) is 11.9 Å². The molecule has 1 N–H and O–H groups in total. The van der Waals surface area contributed by atoms with Crippen molar-refractivity contribution in [1.82, 2.24) is 5.32 Å². The molecule has 1 aromatic carbocycles. The van der Waals surface area contributed by atoms with Gasteiger partial charge in [-0.1, -0.05) is 38.3 Å². The molecule has 0 radical (unpaired) electrons. The van der Waals surface area contributed by atoms with Crippen molar-refractivity contribution in [3.63, 3.8) is 0 Å². The van der Waals surface area contributed by atoms with Crippen LogP contribution in [0.4, 0.5) is 4.39 Å². The van der Waals surface area contributed by atoms with Crippen LogP contribution in [0.25, 0.3) is 0 Å². The van der Waals surface area contributed by atoms with Crippen molar-refractivity contribution in [3.8, 4) is 0 Å². The minimum absolute atomic E-state index is 0.142. The predicted octanol–water partition coefficient (Wildman–Crippen LogP) is 4.24. The maximum absolute atomic E-state index is 13.3. The van der Waals surface area contributed by atoms with Gasteiger partial charge >= 0.3 is 0 Å². The lowest BCUT2D eigenvalue weighted by Crippen LogP contribution is -2.15. The molecule has 0 aliphatic carbocycles. The van der Waals surface area contributed by atoms with Crippen molar-refractivity contribution in [2.45, 2.75) is 25.8 Å². The van der Waals surface area contributed by atoms with E-state index in [2.05, 4.69) is 37.2 Å². The summed E-state index contributed by atoms with van der Waals surface area (Å²) < 4.78 is 14.3. The summed E-state index contributed by atoms with van der Waals surface area (Å²) in [5.41, 5.74) is 0.717. The Bertz CT molecular complexity index is 318. The van der Waals surface area contributed by atoms with Crippen LogP contribution < -0.4 is 5.32 Å². The highest BCUT2D eigenvalue weighted by Gasteiger charge is 2.01. The zero-order chi connectivity index (χ0) is 11.8. The molecule has 0 aliphatic rings. The van der Waals surface area contributed by atoms with Gasteiger partial charge in [0.1, 0.15) is 5.82 Å². The average molecular weight is 353 g/mol. The summed E-state index contributed by atoms with van der Waals surface area (Å²) in [6, 6.07) is 5.03. The molecule has 0 fully saturated rings. The van der Waals surface area contributed by atoms with Crippen molar-refractivity contribution in [2.24, 2.45) is 0 Å². The normalized spacial score (nSPS) is 10.7. The summed E-state index contributed by atoms with van der Waals surface area (Å²) in [5.74, 6) is -0.142. The van der Waals surface area contributed by atoms with E-state index in [1.807, 2.05) is 6.07 Å². The summed E-state index contributed by atoms with van der Waals surface area (Å²) in [6.45, 7) is 1.54. The van der Waals surface area contributed by atoms with Gasteiger partial charge in [-0.3, -0.25) is 0 Å². The summed E-state index contributed by atoms with van der Waals surface area (Å²) in [4.78, 5) is 0. The molecular weight excluding hydrogens is 337 g/mol. The van der Waals surface area contributed by atoms with Gasteiger partial charge in [-0.15, -0.1) is 0 Å². The van der Waals surface area contributed by atoms with Crippen molar-refractivity contribution < 1.29 is 4.39 Å². The molecule has 0 saturated carbocycles. The van der Waals surface area contributed by atoms with E-state index in [1.54, 1.807) is 6.07 Å². The van der Waals surface area contributed by atoms with Crippen LogP contribution in [0, 0.1) is 5.82 Å². The Morgan fingerprint density at radius 1 is 1.19 bits per heavy atom. The lowest BCUT2D eigenvalue weighted by Gasteiger charge is -2.06. The maximum atomic E-state index is 13.3. The molecule has 0 saturated heterocycles. The third kappa shape index (κ3) is 5.41. The molecule has 1 nitrogen and oxygen atoms in total. The van der Waals surface area contributed by atoms with E-state index in [0.717, 1.165) is 28.3 Å². The van der Waals surface area contributed by atoms with Crippen molar-refractivity contribution >= 4 is 31.9 Å². The highest BCUT2D eigenvalue weighted by atomic mass is 79.9. The van der Waals surface area contributed by atoms with E-state index in [-0.39, 0.29) is 5.82 Å². The second-order valence-electron chi connectivity index (χ2n) is 3.66. The van der Waals surface area contributed by atoms with E-state index in [4.69, 9.17) is 0 Å². The number of hydrogen-bond acceptors (Lipinski definition) is 1. The molecule has 0 bridgehead atoms. The topological polar surface area (TPSA) is 12.0 Å². The molecule has 0 aliphatic heterocycles. The zero-order valence-electron chi connectivity index (χ0n) is 9.11. The van der Waals surface area contributed by atoms with Gasteiger partial charge in [0.05, 0.1) is 0 Å². The Balaban J connectivity index is 2.23. The molecule has 0 heterocycles. The molecule has 0 amide bonds. The van der Waals surface area contributed by atoms with Crippen LogP contribution in [0.15, 0.2) is 22.7 Å². The fourth-order valence-corrected chi connectivity index (χ4v) is 2.23. The molecule has 0 atom stereocenters. The van der Waals surface area contributed by atoms with Gasteiger partial charge in [-0.25, -0.2) is 4.39 Å². The Morgan fingerprint density at radius 3 is 2.75 bits per heavy atom. The third-order valence-electron chi connectivity index (χ3n) is 2.31. The number of unbranched alkanes of at least 4 members (excludes halogenated alkanes) is 2. The van der Waals surface area contributed by atoms with Crippen LogP contribution >= 0.6 is 31.9 Å². The molecule has 4 heteroatoms. The first kappa shape index (κ1) is 14.1. The zero-order valence-corrected chi connectivity index (χ0v) is 12.3. The van der Waals surface area contributed by atoms with Crippen LogP contribution in [0.5, 0.6) is 0 Å². The van der Waals surface area contributed by atoms with Gasteiger partial charge in [0.15, 0.2) is 0 Å². The smallest absolute Gasteiger partial charge is 0.127 e. The number of halogens is 3. The van der Waals surface area contributed by atoms with Gasteiger partial charge in [-0.05, 0) is 37.6 Å². The van der Waals surface area contributed by atoms with E-state index in [0.29, 0.717) is 6.54 Å². The maximum Gasteiger partial charge on any atom is 0.127 e. The van der Waals surface area contributed by atoms with Crippen LogP contribution in [-0.2, 0) is 6.54 Å². The molecular formula is C12H16Br2FN. The van der Waals surface area contributed by atoms with Gasteiger partial charge in [0.25, 0.3) is 0 Å². The van der Waals surface area contributed by atoms with Crippen molar-refractivity contribution in [3.05, 3.63) is 34.1 Å². The Labute approximate surface area is 113 Å². The van der Waals surface area contributed by atoms with Crippen LogP contribution in [0.1, 0.15) is 24.8 Å². The average Bonchev–Trinajstić information content (AvgIpc) is 2.28. The summed E-state index contributed by atoms with van der Waals surface area (Å²) in [7, 11) is 0. The fourth-order valence-electron chi connectivity index (χ4n) is 1.42. The van der Waals surface area contributed by atoms with Crippen LogP contribution in [0.2, 0.25) is 0 Å². The largest absolute Gasteiger partial charge is 0.313 e. The monoisotopic (exact) mass is 351 g/mol. The van der Waals surface area contributed by atoms with Crippen LogP contribution in [0.3, 0.4) is 0 Å². The quantitative estimate of drug-likeness (QED) is 0.571. The highest BCUT2D eigenvalue weighted by molar-refractivity contribution is 9.10. The van der Waals surface area contributed by atoms with E-state index >= 15 is 0 Å². The Hall–Kier alpha value is 0.0700. The number of alkyl halides is 1. The first-order chi connectivity index (χ1) is 7.74. The van der Waals surface area contributed by atoms with Gasteiger partial charge in [0, 0.05) is 21.9 Å². The molecule has 0 aromatic heterocycles. The summed E-state index contributed by atoms with van der Waals surface area (Å²) >= 11 is 6.74. The Morgan fingerprint density at radius 2 is 2.00 bits per heavy atom. The summed E-state index contributed by atoms with van der Waals surface area (Å²) in [5, 5.41) is 4.32. The fraction of sp³-hybridized carbons (Fsp3) is 0.500. The van der Waals surface area contributed by atoms with Crippen LogP contribution in [-0.4, -0.2) is 11.9 Å². The van der Waals surface area contributed by atoms with E-state index in [1.165, 1.54) is 18.9 Å². The van der Waals surface area contributed by atoms with Gasteiger partial charge in [-0.2, -0.15) is 0 Å². The first-order valence-electron chi connectivity index (χ1n) is 5.44. The lowest BCUT2D eigenvalue weighted by molar-refractivity contribution is 0.574. The first-order valence-corrected chi connectivity index (χ1v) is 7.36. The molecule has 0 spiro atoms.